The normalized spacial score (nSPS) is 23.6. The number of carbonyl (C=O) groups excluding carboxylic acids is 1. The molecule has 34 heavy (non-hydrogen) atoms. The van der Waals surface area contributed by atoms with Crippen molar-refractivity contribution in [3.63, 3.8) is 0 Å². The van der Waals surface area contributed by atoms with E-state index in [0.717, 1.165) is 38.6 Å². The number of hydrogen-bond acceptors (Lipinski definition) is 5. The van der Waals surface area contributed by atoms with Gasteiger partial charge in [-0.15, -0.1) is 0 Å². The summed E-state index contributed by atoms with van der Waals surface area (Å²) in [5.74, 6) is 1.20. The highest BCUT2D eigenvalue weighted by molar-refractivity contribution is 5.98. The minimum absolute atomic E-state index is 0.0579. The lowest BCUT2D eigenvalue weighted by Crippen LogP contribution is -2.38. The predicted octanol–water partition coefficient (Wildman–Crippen LogP) is 3.84. The summed E-state index contributed by atoms with van der Waals surface area (Å²) in [5, 5.41) is 3.20. The Kier molecular flexibility index (Phi) is 6.69. The van der Waals surface area contributed by atoms with Gasteiger partial charge >= 0.3 is 0 Å². The number of halogens is 1. The van der Waals surface area contributed by atoms with Crippen molar-refractivity contribution in [2.45, 2.75) is 70.9 Å². The molecule has 2 aliphatic heterocycles. The molecule has 1 aromatic heterocycles. The van der Waals surface area contributed by atoms with E-state index in [-0.39, 0.29) is 23.0 Å². The Morgan fingerprint density at radius 3 is 2.76 bits per heavy atom. The first-order chi connectivity index (χ1) is 16.1. The number of nitrogens with one attached hydrogen (secondary N) is 1. The number of likely N-dealkylation sites (tertiary alicyclic amines) is 1. The fraction of sp³-hybridized carbons (Fsp3) is 0.577. The zero-order valence-corrected chi connectivity index (χ0v) is 20.9. The Morgan fingerprint density at radius 1 is 1.35 bits per heavy atom. The van der Waals surface area contributed by atoms with Gasteiger partial charge in [0.25, 0.3) is 11.5 Å². The van der Waals surface area contributed by atoms with Crippen molar-refractivity contribution in [3.8, 4) is 0 Å². The first-order valence-electron chi connectivity index (χ1n) is 12.3. The third-order valence-corrected chi connectivity index (χ3v) is 7.29. The molecule has 1 saturated carbocycles. The zero-order valence-electron chi connectivity index (χ0n) is 20.9. The second-order valence-corrected chi connectivity index (χ2v) is 10.3. The minimum Gasteiger partial charge on any atom is -0.349 e. The Hall–Kier alpha value is -2.90. The average Bonchev–Trinajstić information content (AvgIpc) is 3.31. The van der Waals surface area contributed by atoms with Crippen LogP contribution in [-0.2, 0) is 11.8 Å². The van der Waals surface area contributed by atoms with E-state index >= 15 is 0 Å². The van der Waals surface area contributed by atoms with E-state index in [2.05, 4.69) is 31.0 Å². The summed E-state index contributed by atoms with van der Waals surface area (Å²) < 4.78 is 15.5. The number of aromatic nitrogens is 1. The van der Waals surface area contributed by atoms with E-state index in [0.29, 0.717) is 35.1 Å². The summed E-state index contributed by atoms with van der Waals surface area (Å²) in [7, 11) is 3.47. The number of carbonyl (C=O) groups is 1. The molecule has 7 nitrogen and oxygen atoms in total. The van der Waals surface area contributed by atoms with E-state index in [1.54, 1.807) is 7.05 Å². The molecule has 2 fully saturated rings. The molecular weight excluding hydrogens is 433 g/mol. The van der Waals surface area contributed by atoms with Gasteiger partial charge < -0.3 is 19.7 Å². The van der Waals surface area contributed by atoms with Crippen molar-refractivity contribution in [1.82, 2.24) is 19.7 Å². The minimum atomic E-state index is -0.425. The first-order valence-corrected chi connectivity index (χ1v) is 12.3. The number of amidine groups is 1. The number of nitrogens with zero attached hydrogens (tertiary/aromatic N) is 4. The fourth-order valence-corrected chi connectivity index (χ4v) is 4.65. The van der Waals surface area contributed by atoms with Gasteiger partial charge in [-0.3, -0.25) is 9.59 Å². The lowest BCUT2D eigenvalue weighted by molar-refractivity contribution is -0.118. The molecule has 2 unspecified atom stereocenters. The molecule has 0 bridgehead atoms. The van der Waals surface area contributed by atoms with Gasteiger partial charge in [0.05, 0.1) is 11.6 Å². The SMILES string of the molecule is CCC(C)CC(C(=O)NC1(C)CC1)=C1N=C(N2CCCC2c2cc(F)cn(C)c2=O)C=CN1C. The highest BCUT2D eigenvalue weighted by Crippen LogP contribution is 2.36. The standard InChI is InChI=1S/C26H36FN5O2/c1-6-17(2)14-20(24(33)29-26(3)10-11-26)23-28-22(9-13-30(23)4)32-12-7-8-21(32)19-15-18(27)16-31(5)25(19)34/h9,13,15-17,21H,6-8,10-12,14H2,1-5H3,(H,29,33). The first kappa shape index (κ1) is 24.2. The van der Waals surface area contributed by atoms with Gasteiger partial charge in [0.1, 0.15) is 17.5 Å². The van der Waals surface area contributed by atoms with Crippen molar-refractivity contribution in [2.24, 2.45) is 18.0 Å². The molecular formula is C26H36FN5O2. The molecule has 0 radical (unpaired) electrons. The van der Waals surface area contributed by atoms with Crippen LogP contribution in [0.3, 0.4) is 0 Å². The number of aryl methyl sites for hydroxylation is 1. The summed E-state index contributed by atoms with van der Waals surface area (Å²) in [5.41, 5.74) is 0.816. The maximum Gasteiger partial charge on any atom is 0.255 e. The molecule has 1 saturated heterocycles. The molecule has 1 N–H and O–H groups in total. The van der Waals surface area contributed by atoms with Crippen molar-refractivity contribution in [3.05, 3.63) is 57.7 Å². The van der Waals surface area contributed by atoms with Gasteiger partial charge in [-0.05, 0) is 57.1 Å². The summed E-state index contributed by atoms with van der Waals surface area (Å²) in [6, 6.07) is 1.10. The Labute approximate surface area is 201 Å². The fourth-order valence-electron chi connectivity index (χ4n) is 4.65. The number of pyridine rings is 1. The van der Waals surface area contributed by atoms with Crippen LogP contribution in [0.15, 0.2) is 45.7 Å². The zero-order chi connectivity index (χ0) is 24.6. The van der Waals surface area contributed by atoms with Crippen LogP contribution in [0.5, 0.6) is 0 Å². The second-order valence-electron chi connectivity index (χ2n) is 10.3. The third-order valence-electron chi connectivity index (χ3n) is 7.29. The molecule has 0 aromatic carbocycles. The smallest absolute Gasteiger partial charge is 0.255 e. The van der Waals surface area contributed by atoms with Crippen molar-refractivity contribution < 1.29 is 9.18 Å². The van der Waals surface area contributed by atoms with E-state index in [4.69, 9.17) is 4.99 Å². The number of amides is 1. The molecule has 184 valence electrons. The van der Waals surface area contributed by atoms with Gasteiger partial charge in [0.2, 0.25) is 0 Å². The molecule has 1 aliphatic carbocycles. The topological polar surface area (TPSA) is 69.9 Å². The van der Waals surface area contributed by atoms with Crippen LogP contribution in [0.2, 0.25) is 0 Å². The van der Waals surface area contributed by atoms with E-state index in [1.165, 1.54) is 16.8 Å². The van der Waals surface area contributed by atoms with Crippen molar-refractivity contribution in [2.75, 3.05) is 13.6 Å². The van der Waals surface area contributed by atoms with E-state index in [9.17, 15) is 14.0 Å². The van der Waals surface area contributed by atoms with Gasteiger partial charge in [0.15, 0.2) is 0 Å². The number of aliphatic imine (C=N–C) groups is 1. The highest BCUT2D eigenvalue weighted by atomic mass is 19.1. The van der Waals surface area contributed by atoms with Crippen molar-refractivity contribution in [1.29, 1.82) is 0 Å². The van der Waals surface area contributed by atoms with Crippen LogP contribution < -0.4 is 10.9 Å². The summed E-state index contributed by atoms with van der Waals surface area (Å²) in [6.07, 6.45) is 10.2. The Bertz CT molecular complexity index is 1110. The lowest BCUT2D eigenvalue weighted by atomic mass is 9.97. The maximum absolute atomic E-state index is 14.2. The molecule has 1 amide bonds. The number of rotatable bonds is 6. The van der Waals surface area contributed by atoms with Gasteiger partial charge in [-0.2, -0.15) is 0 Å². The molecule has 0 spiro atoms. The summed E-state index contributed by atoms with van der Waals surface area (Å²) in [6.45, 7) is 7.06. The quantitative estimate of drug-likeness (QED) is 0.643. The third kappa shape index (κ3) is 4.95. The second kappa shape index (κ2) is 9.39. The summed E-state index contributed by atoms with van der Waals surface area (Å²) >= 11 is 0. The molecule has 4 rings (SSSR count). The van der Waals surface area contributed by atoms with Crippen molar-refractivity contribution >= 4 is 11.7 Å². The largest absolute Gasteiger partial charge is 0.349 e. The summed E-state index contributed by atoms with van der Waals surface area (Å²) in [4.78, 5) is 35.0. The Morgan fingerprint density at radius 2 is 2.09 bits per heavy atom. The molecule has 3 heterocycles. The van der Waals surface area contributed by atoms with Crippen LogP contribution in [0, 0.1) is 11.7 Å². The van der Waals surface area contributed by atoms with E-state index < -0.39 is 5.82 Å². The van der Waals surface area contributed by atoms with Crippen LogP contribution in [0.4, 0.5) is 4.39 Å². The average molecular weight is 470 g/mol. The lowest BCUT2D eigenvalue weighted by Gasteiger charge is -2.31. The van der Waals surface area contributed by atoms with E-state index in [1.807, 2.05) is 24.2 Å². The molecule has 8 heteroatoms. The Balaban J connectivity index is 1.72. The molecule has 2 atom stereocenters. The van der Waals surface area contributed by atoms with Crippen LogP contribution in [-0.4, -0.2) is 45.2 Å². The number of hydrogen-bond donors (Lipinski definition) is 1. The monoisotopic (exact) mass is 469 g/mol. The van der Waals surface area contributed by atoms with Crippen LogP contribution in [0.25, 0.3) is 0 Å². The van der Waals surface area contributed by atoms with Crippen LogP contribution >= 0.6 is 0 Å². The van der Waals surface area contributed by atoms with Gasteiger partial charge in [0, 0.05) is 44.1 Å². The molecule has 3 aliphatic rings. The van der Waals surface area contributed by atoms with Crippen LogP contribution in [0.1, 0.15) is 70.9 Å². The van der Waals surface area contributed by atoms with Gasteiger partial charge in [-0.1, -0.05) is 20.3 Å². The predicted molar refractivity (Wildman–Crippen MR) is 132 cm³/mol. The van der Waals surface area contributed by atoms with Gasteiger partial charge in [-0.25, -0.2) is 9.38 Å². The maximum atomic E-state index is 14.2. The molecule has 1 aromatic rings. The highest BCUT2D eigenvalue weighted by Gasteiger charge is 2.40.